The summed E-state index contributed by atoms with van der Waals surface area (Å²) in [6.45, 7) is 16.7. The molecule has 0 unspecified atom stereocenters. The van der Waals surface area contributed by atoms with E-state index >= 15 is 0 Å². The van der Waals surface area contributed by atoms with Gasteiger partial charge >= 0.3 is 14.2 Å². The largest absolute Gasteiger partial charge is 0.494 e. The first-order chi connectivity index (χ1) is 18.3. The smallest absolute Gasteiger partial charge is 0.399 e. The molecule has 0 aromatic heterocycles. The normalized spacial score (nSPS) is 21.9. The summed E-state index contributed by atoms with van der Waals surface area (Å²) in [5.41, 5.74) is 6.76. The fraction of sp³-hybridized carbons (Fsp3) is 0.438. The SMILES string of the molecule is CC1(C)OB(c2ccc(N(c3ccc(B4OC(C)(C)C(C)(C)O4)cc3)c3ccc4c(c3)CC4)cc2)OC1(C)C. The van der Waals surface area contributed by atoms with Crippen LogP contribution in [0.1, 0.15) is 66.5 Å². The molecule has 0 N–H and O–H groups in total. The molecule has 3 aromatic carbocycles. The molecule has 202 valence electrons. The van der Waals surface area contributed by atoms with E-state index in [0.717, 1.165) is 34.4 Å². The van der Waals surface area contributed by atoms with E-state index < -0.39 is 0 Å². The first-order valence-corrected chi connectivity index (χ1v) is 14.1. The third-order valence-corrected chi connectivity index (χ3v) is 9.47. The van der Waals surface area contributed by atoms with E-state index in [-0.39, 0.29) is 36.6 Å². The molecule has 0 spiro atoms. The Bertz CT molecular complexity index is 1270. The molecule has 5 nitrogen and oxygen atoms in total. The molecule has 2 aliphatic heterocycles. The van der Waals surface area contributed by atoms with Crippen molar-refractivity contribution in [3.8, 4) is 0 Å². The van der Waals surface area contributed by atoms with Crippen molar-refractivity contribution in [3.63, 3.8) is 0 Å². The van der Waals surface area contributed by atoms with Crippen LogP contribution in [0, 0.1) is 0 Å². The van der Waals surface area contributed by atoms with Gasteiger partial charge in [0.1, 0.15) is 0 Å². The number of rotatable bonds is 5. The summed E-state index contributed by atoms with van der Waals surface area (Å²) in [4.78, 5) is 2.31. The number of benzene rings is 3. The molecule has 1 aliphatic carbocycles. The highest BCUT2D eigenvalue weighted by Crippen LogP contribution is 2.40. The Kier molecular flexibility index (Phi) is 6.13. The Morgan fingerprint density at radius 1 is 0.487 bits per heavy atom. The quantitative estimate of drug-likeness (QED) is 0.393. The van der Waals surface area contributed by atoms with Crippen LogP contribution in [0.3, 0.4) is 0 Å². The second-order valence-electron chi connectivity index (χ2n) is 13.1. The lowest BCUT2D eigenvalue weighted by Crippen LogP contribution is -2.41. The molecular weight excluding hydrogens is 484 g/mol. The number of hydrogen-bond acceptors (Lipinski definition) is 5. The van der Waals surface area contributed by atoms with Crippen LogP contribution >= 0.6 is 0 Å². The molecule has 2 fully saturated rings. The minimum absolute atomic E-state index is 0.368. The van der Waals surface area contributed by atoms with Gasteiger partial charge in [0, 0.05) is 17.1 Å². The average Bonchev–Trinajstić information content (AvgIpc) is 3.21. The van der Waals surface area contributed by atoms with Crippen LogP contribution in [0.5, 0.6) is 0 Å². The van der Waals surface area contributed by atoms with Crippen LogP contribution in [0.15, 0.2) is 66.7 Å². The van der Waals surface area contributed by atoms with Gasteiger partial charge in [0.2, 0.25) is 0 Å². The van der Waals surface area contributed by atoms with Crippen molar-refractivity contribution < 1.29 is 18.6 Å². The van der Waals surface area contributed by atoms with Crippen LogP contribution in [-0.2, 0) is 31.5 Å². The molecular formula is C32H39B2NO4. The van der Waals surface area contributed by atoms with Crippen molar-refractivity contribution in [3.05, 3.63) is 77.9 Å². The molecule has 3 aromatic rings. The van der Waals surface area contributed by atoms with E-state index in [1.54, 1.807) is 0 Å². The van der Waals surface area contributed by atoms with Crippen molar-refractivity contribution in [2.45, 2.75) is 90.6 Å². The maximum atomic E-state index is 6.29. The molecule has 2 heterocycles. The Morgan fingerprint density at radius 3 is 1.18 bits per heavy atom. The van der Waals surface area contributed by atoms with Gasteiger partial charge in [-0.2, -0.15) is 0 Å². The Labute approximate surface area is 234 Å². The van der Waals surface area contributed by atoms with Crippen LogP contribution in [-0.4, -0.2) is 36.6 Å². The highest BCUT2D eigenvalue weighted by molar-refractivity contribution is 6.62. The molecule has 39 heavy (non-hydrogen) atoms. The molecule has 0 saturated carbocycles. The van der Waals surface area contributed by atoms with E-state index in [4.69, 9.17) is 18.6 Å². The van der Waals surface area contributed by atoms with E-state index in [1.165, 1.54) is 17.5 Å². The average molecular weight is 523 g/mol. The van der Waals surface area contributed by atoms with Crippen molar-refractivity contribution in [2.24, 2.45) is 0 Å². The summed E-state index contributed by atoms with van der Waals surface area (Å²) in [7, 11) is -0.763. The summed E-state index contributed by atoms with van der Waals surface area (Å²) >= 11 is 0. The number of aryl methyl sites for hydroxylation is 2. The summed E-state index contributed by atoms with van der Waals surface area (Å²) in [5, 5.41) is 0. The van der Waals surface area contributed by atoms with E-state index in [1.807, 2.05) is 0 Å². The van der Waals surface area contributed by atoms with Crippen LogP contribution in [0.4, 0.5) is 17.1 Å². The lowest BCUT2D eigenvalue weighted by Gasteiger charge is -2.32. The predicted molar refractivity (Wildman–Crippen MR) is 160 cm³/mol. The van der Waals surface area contributed by atoms with Crippen molar-refractivity contribution in [1.82, 2.24) is 0 Å². The van der Waals surface area contributed by atoms with Gasteiger partial charge in [-0.25, -0.2) is 0 Å². The van der Waals surface area contributed by atoms with Gasteiger partial charge in [-0.05, 0) is 127 Å². The minimum Gasteiger partial charge on any atom is -0.399 e. The summed E-state index contributed by atoms with van der Waals surface area (Å²) in [5.74, 6) is 0. The number of fused-ring (bicyclic) bond motifs is 1. The highest BCUT2D eigenvalue weighted by Gasteiger charge is 2.52. The fourth-order valence-corrected chi connectivity index (χ4v) is 5.29. The van der Waals surface area contributed by atoms with Crippen LogP contribution in [0.2, 0.25) is 0 Å². The zero-order valence-electron chi connectivity index (χ0n) is 24.5. The zero-order valence-corrected chi connectivity index (χ0v) is 24.5. The molecule has 3 aliphatic rings. The van der Waals surface area contributed by atoms with Gasteiger partial charge in [-0.15, -0.1) is 0 Å². The van der Waals surface area contributed by atoms with Gasteiger partial charge < -0.3 is 23.5 Å². The van der Waals surface area contributed by atoms with Gasteiger partial charge in [0.05, 0.1) is 22.4 Å². The number of hydrogen-bond donors (Lipinski definition) is 0. The van der Waals surface area contributed by atoms with Gasteiger partial charge in [0.25, 0.3) is 0 Å². The lowest BCUT2D eigenvalue weighted by molar-refractivity contribution is 0.00578. The maximum Gasteiger partial charge on any atom is 0.494 e. The first kappa shape index (κ1) is 26.6. The second-order valence-corrected chi connectivity index (χ2v) is 13.1. The van der Waals surface area contributed by atoms with E-state index in [0.29, 0.717) is 0 Å². The Hall–Kier alpha value is -2.57. The molecule has 0 radical (unpaired) electrons. The topological polar surface area (TPSA) is 40.2 Å². The predicted octanol–water partition coefficient (Wildman–Crippen LogP) is 5.85. The molecule has 0 amide bonds. The first-order valence-electron chi connectivity index (χ1n) is 14.1. The van der Waals surface area contributed by atoms with Crippen LogP contribution < -0.4 is 15.8 Å². The van der Waals surface area contributed by atoms with E-state index in [9.17, 15) is 0 Å². The monoisotopic (exact) mass is 523 g/mol. The van der Waals surface area contributed by atoms with Crippen molar-refractivity contribution >= 4 is 42.2 Å². The molecule has 6 rings (SSSR count). The van der Waals surface area contributed by atoms with Crippen LogP contribution in [0.25, 0.3) is 0 Å². The van der Waals surface area contributed by atoms with Gasteiger partial charge in [0.15, 0.2) is 0 Å². The minimum atomic E-state index is -0.381. The highest BCUT2D eigenvalue weighted by atomic mass is 16.7. The molecule has 7 heteroatoms. The lowest BCUT2D eigenvalue weighted by atomic mass is 9.79. The third-order valence-electron chi connectivity index (χ3n) is 9.47. The molecule has 0 bridgehead atoms. The Balaban J connectivity index is 1.31. The van der Waals surface area contributed by atoms with E-state index in [2.05, 4.69) is 127 Å². The third kappa shape index (κ3) is 4.54. The maximum absolute atomic E-state index is 6.29. The van der Waals surface area contributed by atoms with Crippen molar-refractivity contribution in [1.29, 1.82) is 0 Å². The Morgan fingerprint density at radius 2 is 0.846 bits per heavy atom. The molecule has 0 atom stereocenters. The standard InChI is InChI=1S/C32H39B2NO4/c1-29(2)30(3,4)37-33(36-29)24-12-17-26(18-13-24)35(28-16-11-22-9-10-23(22)21-28)27-19-14-25(15-20-27)34-38-31(5,6)32(7,8)39-34/h11-21H,9-10H2,1-8H3. The zero-order chi connectivity index (χ0) is 27.8. The summed E-state index contributed by atoms with van der Waals surface area (Å²) in [6.07, 6.45) is 2.31. The molecule has 2 saturated heterocycles. The van der Waals surface area contributed by atoms with Gasteiger partial charge in [-0.3, -0.25) is 0 Å². The van der Waals surface area contributed by atoms with Crippen molar-refractivity contribution in [2.75, 3.05) is 4.90 Å². The fourth-order valence-electron chi connectivity index (χ4n) is 5.29. The summed E-state index contributed by atoms with van der Waals surface area (Å²) < 4.78 is 25.2. The second kappa shape index (κ2) is 8.97. The number of nitrogens with zero attached hydrogens (tertiary/aromatic N) is 1. The van der Waals surface area contributed by atoms with Gasteiger partial charge in [-0.1, -0.05) is 30.3 Å². The number of anilines is 3. The summed E-state index contributed by atoms with van der Waals surface area (Å²) in [6, 6.07) is 23.9.